The molecule has 126 valence electrons. The van der Waals surface area contributed by atoms with E-state index in [-0.39, 0.29) is 5.82 Å². The number of ether oxygens (including phenoxy) is 1. The lowest BCUT2D eigenvalue weighted by atomic mass is 10.1. The topological polar surface area (TPSA) is 47.0 Å². The SMILES string of the molecule is COCc1ccccc1C#CCCNc1ncnc2ccc(F)cc12. The molecular formula is C20H18FN3O. The van der Waals surface area contributed by atoms with Gasteiger partial charge in [-0.05, 0) is 29.8 Å². The average molecular weight is 335 g/mol. The summed E-state index contributed by atoms with van der Waals surface area (Å²) >= 11 is 0. The van der Waals surface area contributed by atoms with E-state index >= 15 is 0 Å². The molecule has 0 saturated heterocycles. The van der Waals surface area contributed by atoms with Crippen molar-refractivity contribution < 1.29 is 9.13 Å². The van der Waals surface area contributed by atoms with E-state index in [1.165, 1.54) is 18.5 Å². The molecule has 0 fully saturated rings. The zero-order valence-electron chi connectivity index (χ0n) is 13.9. The number of methoxy groups -OCH3 is 1. The molecule has 0 radical (unpaired) electrons. The predicted molar refractivity (Wildman–Crippen MR) is 96.6 cm³/mol. The first-order chi connectivity index (χ1) is 12.3. The molecule has 1 heterocycles. The molecule has 2 aromatic carbocycles. The summed E-state index contributed by atoms with van der Waals surface area (Å²) in [5.74, 6) is 6.62. The van der Waals surface area contributed by atoms with Gasteiger partial charge in [0, 0.05) is 31.0 Å². The first kappa shape index (κ1) is 16.9. The van der Waals surface area contributed by atoms with Crippen molar-refractivity contribution in [2.75, 3.05) is 19.0 Å². The number of fused-ring (bicyclic) bond motifs is 1. The highest BCUT2D eigenvalue weighted by atomic mass is 19.1. The maximum absolute atomic E-state index is 13.4. The Morgan fingerprint density at radius 1 is 1.16 bits per heavy atom. The first-order valence-electron chi connectivity index (χ1n) is 7.98. The van der Waals surface area contributed by atoms with Crippen LogP contribution in [0.15, 0.2) is 48.8 Å². The van der Waals surface area contributed by atoms with Crippen molar-refractivity contribution in [3.8, 4) is 11.8 Å². The molecule has 0 spiro atoms. The lowest BCUT2D eigenvalue weighted by Gasteiger charge is -2.06. The van der Waals surface area contributed by atoms with Crippen LogP contribution in [-0.2, 0) is 11.3 Å². The van der Waals surface area contributed by atoms with Crippen molar-refractivity contribution in [2.45, 2.75) is 13.0 Å². The first-order valence-corrected chi connectivity index (χ1v) is 7.98. The van der Waals surface area contributed by atoms with Gasteiger partial charge < -0.3 is 10.1 Å². The van der Waals surface area contributed by atoms with Crippen LogP contribution in [0.25, 0.3) is 10.9 Å². The number of rotatable bonds is 5. The van der Waals surface area contributed by atoms with Crippen molar-refractivity contribution in [1.82, 2.24) is 9.97 Å². The number of hydrogen-bond acceptors (Lipinski definition) is 4. The smallest absolute Gasteiger partial charge is 0.137 e. The van der Waals surface area contributed by atoms with Crippen LogP contribution < -0.4 is 5.32 Å². The third kappa shape index (κ3) is 4.31. The van der Waals surface area contributed by atoms with Gasteiger partial charge in [0.15, 0.2) is 0 Å². The molecule has 0 unspecified atom stereocenters. The minimum atomic E-state index is -0.306. The average Bonchev–Trinajstić information content (AvgIpc) is 2.63. The van der Waals surface area contributed by atoms with Crippen LogP contribution in [0.3, 0.4) is 0 Å². The fourth-order valence-electron chi connectivity index (χ4n) is 2.49. The van der Waals surface area contributed by atoms with Crippen LogP contribution in [0.4, 0.5) is 10.2 Å². The highest BCUT2D eigenvalue weighted by Gasteiger charge is 2.04. The van der Waals surface area contributed by atoms with Crippen molar-refractivity contribution in [3.05, 3.63) is 65.7 Å². The van der Waals surface area contributed by atoms with Crippen LogP contribution in [-0.4, -0.2) is 23.6 Å². The van der Waals surface area contributed by atoms with Crippen LogP contribution in [0.1, 0.15) is 17.5 Å². The number of nitrogens with one attached hydrogen (secondary N) is 1. The summed E-state index contributed by atoms with van der Waals surface area (Å²) in [7, 11) is 1.67. The van der Waals surface area contributed by atoms with Gasteiger partial charge in [-0.1, -0.05) is 30.0 Å². The Morgan fingerprint density at radius 2 is 2.04 bits per heavy atom. The Bertz CT molecular complexity index is 931. The van der Waals surface area contributed by atoms with Crippen molar-refractivity contribution in [2.24, 2.45) is 0 Å². The second-order valence-corrected chi connectivity index (χ2v) is 5.45. The standard InChI is InChI=1S/C20H18FN3O/c1-25-13-16-8-3-2-6-15(16)7-4-5-11-22-20-18-12-17(21)9-10-19(18)23-14-24-20/h2-3,6,8-10,12,14H,5,11,13H2,1H3,(H,22,23,24). The van der Waals surface area contributed by atoms with E-state index in [9.17, 15) is 4.39 Å². The highest BCUT2D eigenvalue weighted by molar-refractivity contribution is 5.88. The minimum absolute atomic E-state index is 0.306. The number of aromatic nitrogens is 2. The lowest BCUT2D eigenvalue weighted by Crippen LogP contribution is -2.03. The van der Waals surface area contributed by atoms with Crippen molar-refractivity contribution in [3.63, 3.8) is 0 Å². The van der Waals surface area contributed by atoms with E-state index < -0.39 is 0 Å². The molecule has 4 nitrogen and oxygen atoms in total. The molecule has 0 atom stereocenters. The van der Waals surface area contributed by atoms with Crippen LogP contribution in [0, 0.1) is 17.7 Å². The molecule has 5 heteroatoms. The van der Waals surface area contributed by atoms with Gasteiger partial charge in [-0.25, -0.2) is 14.4 Å². The minimum Gasteiger partial charge on any atom is -0.380 e. The van der Waals surface area contributed by atoms with Gasteiger partial charge in [0.1, 0.15) is 18.0 Å². The molecular weight excluding hydrogens is 317 g/mol. The second kappa shape index (κ2) is 8.22. The summed E-state index contributed by atoms with van der Waals surface area (Å²) in [4.78, 5) is 8.33. The second-order valence-electron chi connectivity index (χ2n) is 5.45. The maximum Gasteiger partial charge on any atom is 0.137 e. The molecule has 1 N–H and O–H groups in total. The predicted octanol–water partition coefficient (Wildman–Crippen LogP) is 3.77. The molecule has 0 saturated carbocycles. The van der Waals surface area contributed by atoms with E-state index in [2.05, 4.69) is 27.1 Å². The molecule has 0 amide bonds. The lowest BCUT2D eigenvalue weighted by molar-refractivity contribution is 0.184. The molecule has 0 bridgehead atoms. The molecule has 0 aliphatic carbocycles. The van der Waals surface area contributed by atoms with E-state index in [1.807, 2.05) is 24.3 Å². The molecule has 1 aromatic heterocycles. The number of halogens is 1. The number of benzene rings is 2. The summed E-state index contributed by atoms with van der Waals surface area (Å²) in [5.41, 5.74) is 2.75. The number of anilines is 1. The molecule has 25 heavy (non-hydrogen) atoms. The van der Waals surface area contributed by atoms with Crippen LogP contribution in [0.2, 0.25) is 0 Å². The van der Waals surface area contributed by atoms with Gasteiger partial charge in [-0.15, -0.1) is 0 Å². The van der Waals surface area contributed by atoms with Crippen LogP contribution in [0.5, 0.6) is 0 Å². The Balaban J connectivity index is 1.64. The summed E-state index contributed by atoms with van der Waals surface area (Å²) in [6, 6.07) is 12.4. The monoisotopic (exact) mass is 335 g/mol. The van der Waals surface area contributed by atoms with Crippen molar-refractivity contribution >= 4 is 16.7 Å². The van der Waals surface area contributed by atoms with E-state index in [4.69, 9.17) is 4.74 Å². The zero-order valence-corrected chi connectivity index (χ0v) is 13.9. The van der Waals surface area contributed by atoms with E-state index in [0.717, 1.165) is 11.1 Å². The normalized spacial score (nSPS) is 10.3. The maximum atomic E-state index is 13.4. The summed E-state index contributed by atoms with van der Waals surface area (Å²) in [6.07, 6.45) is 2.11. The third-order valence-corrected chi connectivity index (χ3v) is 3.68. The Kier molecular flexibility index (Phi) is 5.55. The van der Waals surface area contributed by atoms with Gasteiger partial charge in [-0.3, -0.25) is 0 Å². The number of nitrogens with zero attached hydrogens (tertiary/aromatic N) is 2. The molecule has 3 aromatic rings. The fourth-order valence-corrected chi connectivity index (χ4v) is 2.49. The fraction of sp³-hybridized carbons (Fsp3) is 0.200. The van der Waals surface area contributed by atoms with Crippen LogP contribution >= 0.6 is 0 Å². The van der Waals surface area contributed by atoms with Gasteiger partial charge in [0.25, 0.3) is 0 Å². The Labute approximate surface area is 146 Å². The quantitative estimate of drug-likeness (QED) is 0.569. The third-order valence-electron chi connectivity index (χ3n) is 3.68. The Morgan fingerprint density at radius 3 is 2.92 bits per heavy atom. The molecule has 0 aliphatic rings. The van der Waals surface area contributed by atoms with Gasteiger partial charge in [-0.2, -0.15) is 0 Å². The van der Waals surface area contributed by atoms with E-state index in [1.54, 1.807) is 13.2 Å². The molecule has 3 rings (SSSR count). The number of hydrogen-bond donors (Lipinski definition) is 1. The highest BCUT2D eigenvalue weighted by Crippen LogP contribution is 2.19. The summed E-state index contributed by atoms with van der Waals surface area (Å²) in [5, 5.41) is 3.86. The van der Waals surface area contributed by atoms with Gasteiger partial charge in [0.2, 0.25) is 0 Å². The summed E-state index contributed by atoms with van der Waals surface area (Å²) < 4.78 is 18.6. The summed E-state index contributed by atoms with van der Waals surface area (Å²) in [6.45, 7) is 1.16. The van der Waals surface area contributed by atoms with E-state index in [0.29, 0.717) is 36.3 Å². The zero-order chi connectivity index (χ0) is 17.5. The largest absolute Gasteiger partial charge is 0.380 e. The van der Waals surface area contributed by atoms with Crippen molar-refractivity contribution in [1.29, 1.82) is 0 Å². The van der Waals surface area contributed by atoms with Gasteiger partial charge in [0.05, 0.1) is 12.1 Å². The van der Waals surface area contributed by atoms with Gasteiger partial charge >= 0.3 is 0 Å². The Hall–Kier alpha value is -2.97. The molecule has 0 aliphatic heterocycles.